The third-order valence-corrected chi connectivity index (χ3v) is 14.4. The summed E-state index contributed by atoms with van der Waals surface area (Å²) >= 11 is 0. The molecule has 0 saturated heterocycles. The second-order valence-electron chi connectivity index (χ2n) is 21.9. The first-order chi connectivity index (χ1) is 38.7. The van der Waals surface area contributed by atoms with E-state index in [0.29, 0.717) is 29.6 Å². The van der Waals surface area contributed by atoms with Crippen LogP contribution in [0.3, 0.4) is 0 Å². The van der Waals surface area contributed by atoms with Crippen molar-refractivity contribution < 1.29 is 0 Å². The Balaban J connectivity index is 0.000000218. The molecule has 0 unspecified atom stereocenters. The smallest absolute Gasteiger partial charge is 0.0857 e. The molecule has 3 heterocycles. The first-order valence-electron chi connectivity index (χ1n) is 28.9. The standard InChI is InChI=1S/2C18H25N.C16H21N.C12H10N2.C7H7N.C4H6/c1-12(2)17-14(5)19(15(6)18(17)13(3)4)16-10-8-7-9-11-16;1-12(2)17-14(5)18(13(3)4)19(15(17)6)16-10-8-7-9-11-16;1-11(2)16-13(4)12(3)14(5)17(16)15-9-7-6-8-10-15;1-3-7-11(8-4-1)13-14-12-9-5-2-6-10-12;1-8-7-5-3-2-4-6-7;1-3-4-2/h2*7-13H,1-6H3;6-11H,1-5H3;1-10H;2-6H,1H2;1-2H3. The molecular weight excluding hydrogens is 985 g/mol. The van der Waals surface area contributed by atoms with Crippen LogP contribution in [0.25, 0.3) is 17.1 Å². The van der Waals surface area contributed by atoms with Crippen LogP contribution in [0, 0.1) is 60.3 Å². The van der Waals surface area contributed by atoms with Crippen LogP contribution in [-0.2, 0) is 0 Å². The first-order valence-corrected chi connectivity index (χ1v) is 28.9. The van der Waals surface area contributed by atoms with Crippen LogP contribution >= 0.6 is 0 Å². The summed E-state index contributed by atoms with van der Waals surface area (Å²) in [6, 6.07) is 61.0. The third kappa shape index (κ3) is 18.0. The summed E-state index contributed by atoms with van der Waals surface area (Å²) in [6.45, 7) is 45.6. The lowest BCUT2D eigenvalue weighted by Gasteiger charge is -2.15. The monoisotopic (exact) mass is 1080 g/mol. The highest BCUT2D eigenvalue weighted by molar-refractivity contribution is 5.51. The van der Waals surface area contributed by atoms with Crippen LogP contribution in [0.5, 0.6) is 0 Å². The van der Waals surface area contributed by atoms with E-state index in [1.807, 2.05) is 105 Å². The third-order valence-electron chi connectivity index (χ3n) is 14.4. The Hall–Kier alpha value is -8.01. The number of rotatable bonds is 11. The van der Waals surface area contributed by atoms with Gasteiger partial charge in [-0.15, -0.1) is 11.8 Å². The fourth-order valence-electron chi connectivity index (χ4n) is 10.9. The number of nitrogens with zero attached hydrogens (tertiary/aromatic N) is 6. The molecule has 0 fully saturated rings. The highest BCUT2D eigenvalue weighted by Crippen LogP contribution is 2.37. The molecular formula is C75H94N6. The van der Waals surface area contributed by atoms with Crippen molar-refractivity contribution in [3.8, 4) is 28.9 Å². The SMILES string of the molecule is C=Nc1ccccc1.CC#CC.Cc1c(C(C)C)c(C(C)C)c(C)n1-c1ccccc1.Cc1c(C(C)C)c(C)n(-c2ccccc2)c1C(C)C.Cc1c(C)c(C(C)C)n(-c2ccccc2)c1C.c1ccc(N=Nc2ccccc2)cc1. The van der Waals surface area contributed by atoms with E-state index in [1.54, 1.807) is 0 Å². The molecule has 424 valence electrons. The van der Waals surface area contributed by atoms with E-state index < -0.39 is 0 Å². The van der Waals surface area contributed by atoms with Gasteiger partial charge >= 0.3 is 0 Å². The van der Waals surface area contributed by atoms with E-state index >= 15 is 0 Å². The zero-order valence-electron chi connectivity index (χ0n) is 52.6. The van der Waals surface area contributed by atoms with Gasteiger partial charge in [-0.1, -0.05) is 178 Å². The zero-order chi connectivity index (χ0) is 59.8. The second kappa shape index (κ2) is 32.9. The van der Waals surface area contributed by atoms with E-state index in [-0.39, 0.29) is 0 Å². The number of aliphatic imine (C=N–C) groups is 1. The number of para-hydroxylation sites is 4. The van der Waals surface area contributed by atoms with Gasteiger partial charge in [0.2, 0.25) is 0 Å². The lowest BCUT2D eigenvalue weighted by atomic mass is 9.91. The Morgan fingerprint density at radius 2 is 0.580 bits per heavy atom. The molecule has 0 amide bonds. The van der Waals surface area contributed by atoms with Crippen LogP contribution in [0.2, 0.25) is 0 Å². The molecule has 0 N–H and O–H groups in total. The van der Waals surface area contributed by atoms with Crippen molar-refractivity contribution in [2.24, 2.45) is 15.2 Å². The normalized spacial score (nSPS) is 10.6. The Morgan fingerprint density at radius 1 is 0.309 bits per heavy atom. The Kier molecular flexibility index (Phi) is 26.6. The number of hydrogen-bond donors (Lipinski definition) is 0. The molecule has 9 aromatic rings. The van der Waals surface area contributed by atoms with Gasteiger partial charge in [0, 0.05) is 51.2 Å². The summed E-state index contributed by atoms with van der Waals surface area (Å²) in [5.41, 5.74) is 23.8. The van der Waals surface area contributed by atoms with Gasteiger partial charge in [0.15, 0.2) is 0 Å². The number of aromatic nitrogens is 3. The van der Waals surface area contributed by atoms with Gasteiger partial charge in [0.25, 0.3) is 0 Å². The van der Waals surface area contributed by atoms with Crippen molar-refractivity contribution in [2.75, 3.05) is 0 Å². The maximum absolute atomic E-state index is 4.10. The molecule has 0 bridgehead atoms. The van der Waals surface area contributed by atoms with Crippen molar-refractivity contribution in [3.05, 3.63) is 250 Å². The molecule has 0 aliphatic carbocycles. The second-order valence-corrected chi connectivity index (χ2v) is 21.9. The summed E-state index contributed by atoms with van der Waals surface area (Å²) in [6.07, 6.45) is 0. The molecule has 0 atom stereocenters. The largest absolute Gasteiger partial charge is 0.318 e. The summed E-state index contributed by atoms with van der Waals surface area (Å²) in [4.78, 5) is 3.72. The molecule has 3 aromatic heterocycles. The zero-order valence-corrected chi connectivity index (χ0v) is 52.6. The van der Waals surface area contributed by atoms with E-state index in [4.69, 9.17) is 0 Å². The van der Waals surface area contributed by atoms with E-state index in [0.717, 1.165) is 17.1 Å². The van der Waals surface area contributed by atoms with Gasteiger partial charge in [-0.3, -0.25) is 4.99 Å². The molecule has 81 heavy (non-hydrogen) atoms. The van der Waals surface area contributed by atoms with E-state index in [1.165, 1.54) is 84.6 Å². The summed E-state index contributed by atoms with van der Waals surface area (Å²) in [5.74, 6) is 8.15. The molecule has 6 aromatic carbocycles. The topological polar surface area (TPSA) is 51.9 Å². The molecule has 0 radical (unpaired) electrons. The van der Waals surface area contributed by atoms with Crippen LogP contribution in [0.1, 0.15) is 180 Å². The highest BCUT2D eigenvalue weighted by atomic mass is 15.1. The Labute approximate surface area is 489 Å². The van der Waals surface area contributed by atoms with Crippen molar-refractivity contribution >= 4 is 23.8 Å². The quantitative estimate of drug-likeness (QED) is 0.0704. The summed E-state index contributed by atoms with van der Waals surface area (Å²) < 4.78 is 7.25. The Morgan fingerprint density at radius 3 is 0.864 bits per heavy atom. The Bertz CT molecular complexity index is 3280. The average molecular weight is 1080 g/mol. The molecule has 0 saturated carbocycles. The van der Waals surface area contributed by atoms with Crippen molar-refractivity contribution in [3.63, 3.8) is 0 Å². The fraction of sp³-hybridized carbons (Fsp3) is 0.320. The van der Waals surface area contributed by atoms with Gasteiger partial charge in [0.1, 0.15) is 0 Å². The minimum Gasteiger partial charge on any atom is -0.318 e. The van der Waals surface area contributed by atoms with Crippen LogP contribution in [0.15, 0.2) is 197 Å². The fourth-order valence-corrected chi connectivity index (χ4v) is 10.9. The molecule has 6 nitrogen and oxygen atoms in total. The van der Waals surface area contributed by atoms with E-state index in [9.17, 15) is 0 Å². The molecule has 0 spiro atoms. The van der Waals surface area contributed by atoms with Crippen LogP contribution < -0.4 is 0 Å². The van der Waals surface area contributed by atoms with Crippen molar-refractivity contribution in [2.45, 2.75) is 161 Å². The van der Waals surface area contributed by atoms with Gasteiger partial charge in [-0.25, -0.2) is 0 Å². The maximum Gasteiger partial charge on any atom is 0.0857 e. The van der Waals surface area contributed by atoms with Crippen molar-refractivity contribution in [1.29, 1.82) is 0 Å². The maximum atomic E-state index is 4.10. The lowest BCUT2D eigenvalue weighted by molar-refractivity contribution is 0.770. The van der Waals surface area contributed by atoms with Crippen LogP contribution in [0.4, 0.5) is 17.1 Å². The summed E-state index contributed by atoms with van der Waals surface area (Å²) in [5, 5.41) is 8.20. The molecule has 0 aliphatic heterocycles. The predicted molar refractivity (Wildman–Crippen MR) is 353 cm³/mol. The molecule has 0 aliphatic rings. The highest BCUT2D eigenvalue weighted by Gasteiger charge is 2.24. The van der Waals surface area contributed by atoms with Gasteiger partial charge in [0.05, 0.1) is 17.1 Å². The predicted octanol–water partition coefficient (Wildman–Crippen LogP) is 22.4. The van der Waals surface area contributed by atoms with Gasteiger partial charge in [-0.2, -0.15) is 10.2 Å². The minimum atomic E-state index is 0.534. The molecule has 6 heteroatoms. The van der Waals surface area contributed by atoms with Crippen LogP contribution in [-0.4, -0.2) is 20.4 Å². The minimum absolute atomic E-state index is 0.534. The summed E-state index contributed by atoms with van der Waals surface area (Å²) in [7, 11) is 0. The number of azo groups is 1. The van der Waals surface area contributed by atoms with Gasteiger partial charge in [-0.05, 0) is 205 Å². The van der Waals surface area contributed by atoms with Crippen molar-refractivity contribution in [1.82, 2.24) is 13.7 Å². The van der Waals surface area contributed by atoms with E-state index in [2.05, 4.69) is 256 Å². The van der Waals surface area contributed by atoms with Gasteiger partial charge < -0.3 is 13.7 Å². The number of benzene rings is 6. The average Bonchev–Trinajstić information content (AvgIpc) is 4.27. The first kappa shape index (κ1) is 65.5. The number of hydrogen-bond acceptors (Lipinski definition) is 3. The molecule has 9 rings (SSSR count). The lowest BCUT2D eigenvalue weighted by Crippen LogP contribution is -2.04.